The highest BCUT2D eigenvalue weighted by Gasteiger charge is 2.05. The van der Waals surface area contributed by atoms with E-state index in [0.717, 1.165) is 30.4 Å². The number of para-hydroxylation sites is 1. The molecule has 0 saturated heterocycles. The van der Waals surface area contributed by atoms with Crippen LogP contribution in [0.15, 0.2) is 29.3 Å². The van der Waals surface area contributed by atoms with Gasteiger partial charge < -0.3 is 19.7 Å². The zero-order chi connectivity index (χ0) is 16.2. The number of hydrogen-bond acceptors (Lipinski definition) is 3. The van der Waals surface area contributed by atoms with Crippen molar-refractivity contribution >= 4 is 5.96 Å². The fraction of sp³-hybridized carbons (Fsp3) is 0.588. The summed E-state index contributed by atoms with van der Waals surface area (Å²) >= 11 is 0. The van der Waals surface area contributed by atoms with E-state index >= 15 is 0 Å². The number of guanidine groups is 1. The van der Waals surface area contributed by atoms with Gasteiger partial charge in [-0.25, -0.2) is 0 Å². The minimum atomic E-state index is 0.552. The molecular weight excluding hydrogens is 278 g/mol. The molecule has 0 aliphatic heterocycles. The quantitative estimate of drug-likeness (QED) is 0.432. The Labute approximate surface area is 134 Å². The van der Waals surface area contributed by atoms with Gasteiger partial charge in [-0.15, -0.1) is 0 Å². The Balaban J connectivity index is 2.26. The molecule has 1 aromatic rings. The molecule has 0 aliphatic carbocycles. The van der Waals surface area contributed by atoms with E-state index in [1.165, 1.54) is 12.8 Å². The molecule has 0 heterocycles. The lowest BCUT2D eigenvalue weighted by Gasteiger charge is -2.21. The summed E-state index contributed by atoms with van der Waals surface area (Å²) in [6.07, 6.45) is 2.35. The monoisotopic (exact) mass is 307 g/mol. The Hall–Kier alpha value is -1.75. The summed E-state index contributed by atoms with van der Waals surface area (Å²) in [6, 6.07) is 7.91. The molecule has 0 aliphatic rings. The second-order valence-corrected chi connectivity index (χ2v) is 5.11. The van der Waals surface area contributed by atoms with Gasteiger partial charge in [0.05, 0.1) is 20.3 Å². The highest BCUT2D eigenvalue weighted by molar-refractivity contribution is 5.79. The van der Waals surface area contributed by atoms with Gasteiger partial charge in [-0.3, -0.25) is 4.99 Å². The van der Waals surface area contributed by atoms with Crippen molar-refractivity contribution < 1.29 is 9.47 Å². The third-order valence-corrected chi connectivity index (χ3v) is 3.40. The number of rotatable bonds is 9. The molecule has 0 atom stereocenters. The molecule has 0 fully saturated rings. The predicted molar refractivity (Wildman–Crippen MR) is 91.5 cm³/mol. The highest BCUT2D eigenvalue weighted by Crippen LogP contribution is 2.17. The van der Waals surface area contributed by atoms with E-state index in [2.05, 4.69) is 29.2 Å². The van der Waals surface area contributed by atoms with Crippen LogP contribution in [0.5, 0.6) is 5.75 Å². The first-order chi connectivity index (χ1) is 10.7. The summed E-state index contributed by atoms with van der Waals surface area (Å²) in [5.74, 6) is 1.78. The molecule has 0 radical (unpaired) electrons. The third kappa shape index (κ3) is 6.35. The summed E-state index contributed by atoms with van der Waals surface area (Å²) in [5, 5.41) is 3.31. The standard InChI is InChI=1S/C17H29N3O2/c1-5-6-12-20(3)17(18-2)19-11-13-22-14-15-9-7-8-10-16(15)21-4/h7-10H,5-6,11-14H2,1-4H3,(H,18,19). The van der Waals surface area contributed by atoms with E-state index in [1.54, 1.807) is 14.2 Å². The molecule has 1 N–H and O–H groups in total. The summed E-state index contributed by atoms with van der Waals surface area (Å²) in [6.45, 7) is 5.11. The maximum Gasteiger partial charge on any atom is 0.193 e. The number of hydrogen-bond donors (Lipinski definition) is 1. The van der Waals surface area contributed by atoms with Crippen molar-refractivity contribution in [2.45, 2.75) is 26.4 Å². The van der Waals surface area contributed by atoms with Crippen LogP contribution < -0.4 is 10.1 Å². The Bertz CT molecular complexity index is 449. The Morgan fingerprint density at radius 1 is 1.32 bits per heavy atom. The maximum atomic E-state index is 5.70. The molecule has 0 aromatic heterocycles. The molecule has 5 nitrogen and oxygen atoms in total. The van der Waals surface area contributed by atoms with Gasteiger partial charge in [0, 0.05) is 32.7 Å². The molecule has 0 amide bonds. The molecule has 1 aromatic carbocycles. The van der Waals surface area contributed by atoms with Gasteiger partial charge in [-0.2, -0.15) is 0 Å². The van der Waals surface area contributed by atoms with Crippen LogP contribution in [-0.2, 0) is 11.3 Å². The van der Waals surface area contributed by atoms with Crippen LogP contribution in [0.3, 0.4) is 0 Å². The molecule has 5 heteroatoms. The van der Waals surface area contributed by atoms with Gasteiger partial charge in [0.1, 0.15) is 5.75 Å². The zero-order valence-electron chi connectivity index (χ0n) is 14.3. The number of unbranched alkanes of at least 4 members (excludes halogenated alkanes) is 1. The fourth-order valence-electron chi connectivity index (χ4n) is 2.13. The van der Waals surface area contributed by atoms with Crippen LogP contribution in [0.2, 0.25) is 0 Å². The average Bonchev–Trinajstić information content (AvgIpc) is 2.56. The van der Waals surface area contributed by atoms with Crippen LogP contribution in [0, 0.1) is 0 Å². The van der Waals surface area contributed by atoms with Crippen molar-refractivity contribution in [2.24, 2.45) is 4.99 Å². The van der Waals surface area contributed by atoms with E-state index in [4.69, 9.17) is 9.47 Å². The summed E-state index contributed by atoms with van der Waals surface area (Å²) in [4.78, 5) is 6.42. The van der Waals surface area contributed by atoms with E-state index in [1.807, 2.05) is 24.3 Å². The van der Waals surface area contributed by atoms with Crippen LogP contribution in [0.25, 0.3) is 0 Å². The van der Waals surface area contributed by atoms with Crippen LogP contribution in [-0.4, -0.2) is 51.8 Å². The van der Waals surface area contributed by atoms with E-state index in [-0.39, 0.29) is 0 Å². The highest BCUT2D eigenvalue weighted by atomic mass is 16.5. The first-order valence-corrected chi connectivity index (χ1v) is 7.84. The second-order valence-electron chi connectivity index (χ2n) is 5.11. The van der Waals surface area contributed by atoms with Crippen molar-refractivity contribution in [3.63, 3.8) is 0 Å². The lowest BCUT2D eigenvalue weighted by atomic mass is 10.2. The minimum absolute atomic E-state index is 0.552. The second kappa shape index (κ2) is 10.9. The maximum absolute atomic E-state index is 5.70. The summed E-state index contributed by atoms with van der Waals surface area (Å²) in [5.41, 5.74) is 1.06. The van der Waals surface area contributed by atoms with E-state index in [9.17, 15) is 0 Å². The Morgan fingerprint density at radius 2 is 2.09 bits per heavy atom. The molecule has 0 saturated carbocycles. The lowest BCUT2D eigenvalue weighted by Crippen LogP contribution is -2.40. The number of nitrogens with zero attached hydrogens (tertiary/aromatic N) is 2. The minimum Gasteiger partial charge on any atom is -0.496 e. The number of ether oxygens (including phenoxy) is 2. The topological polar surface area (TPSA) is 46.1 Å². The molecule has 0 unspecified atom stereocenters. The third-order valence-electron chi connectivity index (χ3n) is 3.40. The van der Waals surface area contributed by atoms with Gasteiger partial charge in [-0.1, -0.05) is 31.5 Å². The first kappa shape index (κ1) is 18.3. The van der Waals surface area contributed by atoms with Crippen molar-refractivity contribution in [3.05, 3.63) is 29.8 Å². The predicted octanol–water partition coefficient (Wildman–Crippen LogP) is 2.52. The number of methoxy groups -OCH3 is 1. The summed E-state index contributed by atoms with van der Waals surface area (Å²) < 4.78 is 11.0. The first-order valence-electron chi connectivity index (χ1n) is 7.84. The molecule has 0 bridgehead atoms. The molecular formula is C17H29N3O2. The van der Waals surface area contributed by atoms with Crippen molar-refractivity contribution in [1.82, 2.24) is 10.2 Å². The van der Waals surface area contributed by atoms with Crippen LogP contribution in [0.4, 0.5) is 0 Å². The van der Waals surface area contributed by atoms with Gasteiger partial charge in [0.2, 0.25) is 0 Å². The van der Waals surface area contributed by atoms with Gasteiger partial charge >= 0.3 is 0 Å². The van der Waals surface area contributed by atoms with Crippen molar-refractivity contribution in [2.75, 3.05) is 40.9 Å². The van der Waals surface area contributed by atoms with Crippen molar-refractivity contribution in [1.29, 1.82) is 0 Å². The average molecular weight is 307 g/mol. The molecule has 22 heavy (non-hydrogen) atoms. The lowest BCUT2D eigenvalue weighted by molar-refractivity contribution is 0.123. The largest absolute Gasteiger partial charge is 0.496 e. The Kier molecular flexibility index (Phi) is 9.07. The number of benzene rings is 1. The zero-order valence-corrected chi connectivity index (χ0v) is 14.3. The Morgan fingerprint density at radius 3 is 2.77 bits per heavy atom. The van der Waals surface area contributed by atoms with Crippen LogP contribution >= 0.6 is 0 Å². The number of aliphatic imine (C=N–C) groups is 1. The van der Waals surface area contributed by atoms with Crippen LogP contribution in [0.1, 0.15) is 25.3 Å². The fourth-order valence-corrected chi connectivity index (χ4v) is 2.13. The van der Waals surface area contributed by atoms with Gasteiger partial charge in [0.15, 0.2) is 5.96 Å². The molecule has 0 spiro atoms. The smallest absolute Gasteiger partial charge is 0.193 e. The number of nitrogens with one attached hydrogen (secondary N) is 1. The normalized spacial score (nSPS) is 11.4. The van der Waals surface area contributed by atoms with Gasteiger partial charge in [-0.05, 0) is 12.5 Å². The van der Waals surface area contributed by atoms with Crippen molar-refractivity contribution in [3.8, 4) is 5.75 Å². The van der Waals surface area contributed by atoms with E-state index < -0.39 is 0 Å². The van der Waals surface area contributed by atoms with E-state index in [0.29, 0.717) is 13.2 Å². The summed E-state index contributed by atoms with van der Waals surface area (Å²) in [7, 11) is 5.54. The van der Waals surface area contributed by atoms with Gasteiger partial charge in [0.25, 0.3) is 0 Å². The SMILES string of the molecule is CCCCN(C)C(=NC)NCCOCc1ccccc1OC. The molecule has 124 valence electrons. The molecule has 1 rings (SSSR count).